The van der Waals surface area contributed by atoms with Crippen LogP contribution in [0.4, 0.5) is 14.6 Å². The normalized spacial score (nSPS) is 10.7. The zero-order valence-electron chi connectivity index (χ0n) is 13.5. The first-order valence-electron chi connectivity index (χ1n) is 7.65. The maximum atomic E-state index is 13.6. The van der Waals surface area contributed by atoms with E-state index in [0.29, 0.717) is 17.4 Å². The molecule has 0 bridgehead atoms. The maximum Gasteiger partial charge on any atom is 0.235 e. The summed E-state index contributed by atoms with van der Waals surface area (Å²) in [6, 6.07) is 12.1. The number of hydrogen-bond donors (Lipinski definition) is 1. The molecule has 1 N–H and O–H groups in total. The summed E-state index contributed by atoms with van der Waals surface area (Å²) in [6.07, 6.45) is 1.57. The van der Waals surface area contributed by atoms with Crippen LogP contribution in [-0.4, -0.2) is 21.4 Å². The van der Waals surface area contributed by atoms with Gasteiger partial charge in [0.15, 0.2) is 0 Å². The SMILES string of the molecule is O=C(CSc1cc(F)ccc1F)Nc1ccnn1Cc1cccc(Cl)c1. The monoisotopic (exact) mass is 393 g/mol. The van der Waals surface area contributed by atoms with Crippen LogP contribution in [0.1, 0.15) is 5.56 Å². The molecule has 0 spiro atoms. The van der Waals surface area contributed by atoms with Gasteiger partial charge in [-0.15, -0.1) is 11.8 Å². The average Bonchev–Trinajstić information content (AvgIpc) is 3.02. The van der Waals surface area contributed by atoms with Crippen LogP contribution in [0.25, 0.3) is 0 Å². The summed E-state index contributed by atoms with van der Waals surface area (Å²) in [4.78, 5) is 12.2. The van der Waals surface area contributed by atoms with E-state index in [9.17, 15) is 13.6 Å². The topological polar surface area (TPSA) is 46.9 Å². The number of halogens is 3. The number of nitrogens with one attached hydrogen (secondary N) is 1. The Labute approximate surface area is 158 Å². The lowest BCUT2D eigenvalue weighted by Gasteiger charge is -2.09. The van der Waals surface area contributed by atoms with Crippen LogP contribution in [0.15, 0.2) is 59.6 Å². The van der Waals surface area contributed by atoms with Crippen LogP contribution in [0.3, 0.4) is 0 Å². The van der Waals surface area contributed by atoms with E-state index < -0.39 is 11.6 Å². The molecule has 134 valence electrons. The van der Waals surface area contributed by atoms with Gasteiger partial charge >= 0.3 is 0 Å². The van der Waals surface area contributed by atoms with E-state index in [-0.39, 0.29) is 16.6 Å². The third-order valence-corrected chi connectivity index (χ3v) is 4.72. The van der Waals surface area contributed by atoms with Crippen molar-refractivity contribution in [1.29, 1.82) is 0 Å². The van der Waals surface area contributed by atoms with Crippen molar-refractivity contribution in [3.05, 3.63) is 76.9 Å². The fraction of sp³-hybridized carbons (Fsp3) is 0.111. The first-order chi connectivity index (χ1) is 12.5. The lowest BCUT2D eigenvalue weighted by atomic mass is 10.2. The minimum Gasteiger partial charge on any atom is -0.310 e. The summed E-state index contributed by atoms with van der Waals surface area (Å²) in [5.41, 5.74) is 0.938. The van der Waals surface area contributed by atoms with E-state index in [0.717, 1.165) is 35.5 Å². The number of thioether (sulfide) groups is 1. The zero-order valence-corrected chi connectivity index (χ0v) is 15.0. The molecular weight excluding hydrogens is 380 g/mol. The number of aromatic nitrogens is 2. The summed E-state index contributed by atoms with van der Waals surface area (Å²) < 4.78 is 28.4. The van der Waals surface area contributed by atoms with Gasteiger partial charge in [0, 0.05) is 16.0 Å². The van der Waals surface area contributed by atoms with Crippen molar-refractivity contribution in [2.45, 2.75) is 11.4 Å². The minimum absolute atomic E-state index is 0.0529. The molecule has 0 radical (unpaired) electrons. The average molecular weight is 394 g/mol. The van der Waals surface area contributed by atoms with Gasteiger partial charge in [-0.3, -0.25) is 4.79 Å². The number of nitrogens with zero attached hydrogens (tertiary/aromatic N) is 2. The fourth-order valence-corrected chi connectivity index (χ4v) is 3.26. The van der Waals surface area contributed by atoms with E-state index >= 15 is 0 Å². The van der Waals surface area contributed by atoms with Gasteiger partial charge in [0.05, 0.1) is 18.5 Å². The van der Waals surface area contributed by atoms with Crippen molar-refractivity contribution in [2.24, 2.45) is 0 Å². The quantitative estimate of drug-likeness (QED) is 0.623. The van der Waals surface area contributed by atoms with Crippen molar-refractivity contribution in [3.63, 3.8) is 0 Å². The van der Waals surface area contributed by atoms with Gasteiger partial charge in [0.2, 0.25) is 5.91 Å². The Hall–Kier alpha value is -2.38. The highest BCUT2D eigenvalue weighted by molar-refractivity contribution is 8.00. The summed E-state index contributed by atoms with van der Waals surface area (Å²) in [7, 11) is 0. The first kappa shape index (κ1) is 18.4. The number of amides is 1. The molecule has 1 heterocycles. The van der Waals surface area contributed by atoms with Crippen LogP contribution in [0, 0.1) is 11.6 Å². The molecule has 0 aliphatic heterocycles. The molecule has 0 aliphatic carbocycles. The maximum absolute atomic E-state index is 13.6. The van der Waals surface area contributed by atoms with E-state index in [2.05, 4.69) is 10.4 Å². The van der Waals surface area contributed by atoms with Gasteiger partial charge in [0.25, 0.3) is 0 Å². The van der Waals surface area contributed by atoms with Gasteiger partial charge in [-0.1, -0.05) is 23.7 Å². The summed E-state index contributed by atoms with van der Waals surface area (Å²) in [6.45, 7) is 0.439. The first-order valence-corrected chi connectivity index (χ1v) is 9.01. The highest BCUT2D eigenvalue weighted by atomic mass is 35.5. The number of carbonyl (C=O) groups is 1. The Morgan fingerprint density at radius 1 is 1.19 bits per heavy atom. The van der Waals surface area contributed by atoms with E-state index in [4.69, 9.17) is 11.6 Å². The van der Waals surface area contributed by atoms with Gasteiger partial charge < -0.3 is 5.32 Å². The van der Waals surface area contributed by atoms with Crippen LogP contribution in [-0.2, 0) is 11.3 Å². The molecule has 4 nitrogen and oxygen atoms in total. The minimum atomic E-state index is -0.560. The van der Waals surface area contributed by atoms with Crippen molar-refractivity contribution in [1.82, 2.24) is 9.78 Å². The molecule has 1 amide bonds. The lowest BCUT2D eigenvalue weighted by molar-refractivity contribution is -0.113. The smallest absolute Gasteiger partial charge is 0.235 e. The van der Waals surface area contributed by atoms with Crippen molar-refractivity contribution in [2.75, 3.05) is 11.1 Å². The molecule has 0 aliphatic rings. The molecule has 26 heavy (non-hydrogen) atoms. The van der Waals surface area contributed by atoms with E-state index in [1.807, 2.05) is 18.2 Å². The highest BCUT2D eigenvalue weighted by Crippen LogP contribution is 2.23. The van der Waals surface area contributed by atoms with Crippen molar-refractivity contribution in [3.8, 4) is 0 Å². The molecule has 3 rings (SSSR count). The molecule has 0 saturated carbocycles. The fourth-order valence-electron chi connectivity index (χ4n) is 2.28. The summed E-state index contributed by atoms with van der Waals surface area (Å²) in [5.74, 6) is -0.992. The van der Waals surface area contributed by atoms with E-state index in [1.54, 1.807) is 23.0 Å². The standard InChI is InChI=1S/C18H14ClF2N3OS/c19-13-3-1-2-12(8-13)10-24-17(6-7-22-24)23-18(25)11-26-16-9-14(20)4-5-15(16)21/h1-9H,10-11H2,(H,23,25). The van der Waals surface area contributed by atoms with Crippen LogP contribution >= 0.6 is 23.4 Å². The Kier molecular flexibility index (Phi) is 5.90. The lowest BCUT2D eigenvalue weighted by Crippen LogP contribution is -2.18. The molecule has 2 aromatic carbocycles. The molecule has 8 heteroatoms. The van der Waals surface area contributed by atoms with Gasteiger partial charge in [-0.05, 0) is 35.9 Å². The Balaban J connectivity index is 1.61. The molecule has 0 saturated heterocycles. The van der Waals surface area contributed by atoms with Crippen molar-refractivity contribution >= 4 is 35.1 Å². The number of benzene rings is 2. The van der Waals surface area contributed by atoms with Gasteiger partial charge in [-0.25, -0.2) is 13.5 Å². The molecular formula is C18H14ClF2N3OS. The second-order valence-electron chi connectivity index (χ2n) is 5.42. The second kappa shape index (κ2) is 8.33. The summed E-state index contributed by atoms with van der Waals surface area (Å²) in [5, 5.41) is 7.52. The van der Waals surface area contributed by atoms with Crippen molar-refractivity contribution < 1.29 is 13.6 Å². The second-order valence-corrected chi connectivity index (χ2v) is 6.87. The molecule has 0 fully saturated rings. The van der Waals surface area contributed by atoms with E-state index in [1.165, 1.54) is 0 Å². The molecule has 3 aromatic rings. The van der Waals surface area contributed by atoms with Crippen LogP contribution in [0.5, 0.6) is 0 Å². The van der Waals surface area contributed by atoms with Gasteiger partial charge in [0.1, 0.15) is 17.5 Å². The Morgan fingerprint density at radius 3 is 2.85 bits per heavy atom. The molecule has 1 aromatic heterocycles. The number of carbonyl (C=O) groups excluding carboxylic acids is 1. The Morgan fingerprint density at radius 2 is 2.04 bits per heavy atom. The molecule has 0 atom stereocenters. The number of rotatable bonds is 6. The molecule has 0 unspecified atom stereocenters. The predicted molar refractivity (Wildman–Crippen MR) is 98.5 cm³/mol. The third-order valence-electron chi connectivity index (χ3n) is 3.46. The number of hydrogen-bond acceptors (Lipinski definition) is 3. The van der Waals surface area contributed by atoms with Gasteiger partial charge in [-0.2, -0.15) is 5.10 Å². The number of anilines is 1. The third kappa shape index (κ3) is 4.83. The van der Waals surface area contributed by atoms with Crippen LogP contribution < -0.4 is 5.32 Å². The highest BCUT2D eigenvalue weighted by Gasteiger charge is 2.11. The Bertz CT molecular complexity index is 932. The predicted octanol–water partition coefficient (Wildman–Crippen LogP) is 4.59. The zero-order chi connectivity index (χ0) is 18.5. The largest absolute Gasteiger partial charge is 0.310 e. The summed E-state index contributed by atoms with van der Waals surface area (Å²) >= 11 is 6.90. The van der Waals surface area contributed by atoms with Crippen LogP contribution in [0.2, 0.25) is 5.02 Å².